The van der Waals surface area contributed by atoms with E-state index in [1.807, 2.05) is 0 Å². The van der Waals surface area contributed by atoms with E-state index < -0.39 is 72.8 Å². The Labute approximate surface area is 179 Å². The van der Waals surface area contributed by atoms with Gasteiger partial charge in [0, 0.05) is 0 Å². The zero-order valence-electron chi connectivity index (χ0n) is 17.7. The van der Waals surface area contributed by atoms with Crippen LogP contribution in [0.2, 0.25) is 0 Å². The Morgan fingerprint density at radius 2 is 1.45 bits per heavy atom. The monoisotopic (exact) mass is 447 g/mol. The number of aliphatic carboxylic acids is 2. The minimum atomic E-state index is -1.68. The summed E-state index contributed by atoms with van der Waals surface area (Å²) in [6.45, 7) is 3.00. The Morgan fingerprint density at radius 1 is 0.871 bits per heavy atom. The molecule has 0 rings (SSSR count). The van der Waals surface area contributed by atoms with Crippen molar-refractivity contribution in [2.75, 3.05) is 13.2 Å². The number of aliphatic hydroxyl groups is 1. The van der Waals surface area contributed by atoms with Crippen molar-refractivity contribution < 1.29 is 39.3 Å². The molecule has 0 aromatic rings. The quantitative estimate of drug-likeness (QED) is 0.119. The van der Waals surface area contributed by atoms with Crippen molar-refractivity contribution in [1.82, 2.24) is 16.0 Å². The Bertz CT molecular complexity index is 642. The summed E-state index contributed by atoms with van der Waals surface area (Å²) < 4.78 is 0. The largest absolute Gasteiger partial charge is 0.481 e. The van der Waals surface area contributed by atoms with Crippen LogP contribution in [0.4, 0.5) is 0 Å². The number of carbonyl (C=O) groups excluding carboxylic acids is 3. The number of aliphatic hydroxyl groups excluding tert-OH is 1. The SMILES string of the molecule is CC(C)C(NC(=O)C(N)CO)C(=O)NC(CCCCN)C(=O)NC(CC(=O)O)C(=O)O. The highest BCUT2D eigenvalue weighted by Crippen LogP contribution is 2.07. The van der Waals surface area contributed by atoms with Crippen LogP contribution < -0.4 is 27.4 Å². The molecule has 0 aromatic heterocycles. The zero-order valence-corrected chi connectivity index (χ0v) is 17.7. The summed E-state index contributed by atoms with van der Waals surface area (Å²) in [6.07, 6.45) is 0.240. The molecular formula is C18H33N5O8. The molecule has 178 valence electrons. The molecule has 3 amide bonds. The molecule has 0 saturated carbocycles. The standard InChI is InChI=1S/C18H33N5O8/c1-9(2)14(23-15(27)10(20)8-24)17(29)21-11(5-3-4-6-19)16(28)22-12(18(30)31)7-13(25)26/h9-12,14,24H,3-8,19-20H2,1-2H3,(H,21,29)(H,22,28)(H,23,27)(H,25,26)(H,30,31). The number of rotatable bonds is 15. The van der Waals surface area contributed by atoms with Crippen molar-refractivity contribution in [2.45, 2.75) is 63.7 Å². The van der Waals surface area contributed by atoms with E-state index in [2.05, 4.69) is 16.0 Å². The van der Waals surface area contributed by atoms with Gasteiger partial charge in [0.15, 0.2) is 0 Å². The predicted octanol–water partition coefficient (Wildman–Crippen LogP) is -2.90. The third kappa shape index (κ3) is 10.7. The number of carboxylic acids is 2. The molecule has 0 saturated heterocycles. The Hall–Kier alpha value is -2.77. The molecule has 0 bridgehead atoms. The van der Waals surface area contributed by atoms with E-state index >= 15 is 0 Å². The Balaban J connectivity index is 5.42. The molecule has 4 atom stereocenters. The molecule has 13 heteroatoms. The number of hydrogen-bond acceptors (Lipinski definition) is 8. The minimum absolute atomic E-state index is 0.114. The highest BCUT2D eigenvalue weighted by molar-refractivity contribution is 5.94. The summed E-state index contributed by atoms with van der Waals surface area (Å²) in [5.74, 6) is -5.70. The van der Waals surface area contributed by atoms with Crippen LogP contribution in [0, 0.1) is 5.92 Å². The average molecular weight is 447 g/mol. The second-order valence-electron chi connectivity index (χ2n) is 7.36. The summed E-state index contributed by atoms with van der Waals surface area (Å²) in [4.78, 5) is 59.3. The number of nitrogens with two attached hydrogens (primary N) is 2. The van der Waals surface area contributed by atoms with E-state index in [1.54, 1.807) is 13.8 Å². The van der Waals surface area contributed by atoms with Gasteiger partial charge in [-0.3, -0.25) is 19.2 Å². The molecule has 0 aliphatic heterocycles. The smallest absolute Gasteiger partial charge is 0.326 e. The number of unbranched alkanes of at least 4 members (excludes halogenated alkanes) is 1. The van der Waals surface area contributed by atoms with Crippen LogP contribution in [0.25, 0.3) is 0 Å². The van der Waals surface area contributed by atoms with E-state index in [9.17, 15) is 24.0 Å². The topological polar surface area (TPSA) is 234 Å². The summed E-state index contributed by atoms with van der Waals surface area (Å²) in [7, 11) is 0. The Kier molecular flexibility index (Phi) is 13.0. The number of carbonyl (C=O) groups is 5. The van der Waals surface area contributed by atoms with Gasteiger partial charge < -0.3 is 42.7 Å². The summed E-state index contributed by atoms with van der Waals surface area (Å²) in [5, 5.41) is 33.9. The zero-order chi connectivity index (χ0) is 24.1. The van der Waals surface area contributed by atoms with Crippen molar-refractivity contribution in [3.8, 4) is 0 Å². The van der Waals surface area contributed by atoms with Crippen LogP contribution in [0.3, 0.4) is 0 Å². The van der Waals surface area contributed by atoms with Gasteiger partial charge in [-0.05, 0) is 31.7 Å². The minimum Gasteiger partial charge on any atom is -0.481 e. The second kappa shape index (κ2) is 14.3. The molecule has 0 fully saturated rings. The van der Waals surface area contributed by atoms with E-state index in [4.69, 9.17) is 26.8 Å². The van der Waals surface area contributed by atoms with Crippen molar-refractivity contribution in [1.29, 1.82) is 0 Å². The van der Waals surface area contributed by atoms with E-state index in [1.165, 1.54) is 0 Å². The van der Waals surface area contributed by atoms with Crippen LogP contribution in [0.1, 0.15) is 39.5 Å². The fourth-order valence-electron chi connectivity index (χ4n) is 2.55. The van der Waals surface area contributed by atoms with Gasteiger partial charge in [0.1, 0.15) is 24.2 Å². The molecule has 0 heterocycles. The molecule has 0 radical (unpaired) electrons. The van der Waals surface area contributed by atoms with Crippen molar-refractivity contribution in [3.63, 3.8) is 0 Å². The first-order chi connectivity index (χ1) is 14.4. The van der Waals surface area contributed by atoms with E-state index in [-0.39, 0.29) is 6.42 Å². The lowest BCUT2D eigenvalue weighted by Crippen LogP contribution is -2.58. The highest BCUT2D eigenvalue weighted by atomic mass is 16.4. The maximum atomic E-state index is 12.7. The third-order valence-corrected chi connectivity index (χ3v) is 4.35. The van der Waals surface area contributed by atoms with Gasteiger partial charge in [0.2, 0.25) is 17.7 Å². The summed E-state index contributed by atoms with van der Waals surface area (Å²) in [6, 6.07) is -5.17. The number of nitrogens with one attached hydrogen (secondary N) is 3. The Morgan fingerprint density at radius 3 is 1.90 bits per heavy atom. The summed E-state index contributed by atoms with van der Waals surface area (Å²) in [5.41, 5.74) is 10.9. The lowest BCUT2D eigenvalue weighted by molar-refractivity contribution is -0.147. The third-order valence-electron chi connectivity index (χ3n) is 4.35. The number of hydrogen-bond donors (Lipinski definition) is 8. The van der Waals surface area contributed by atoms with Gasteiger partial charge in [-0.15, -0.1) is 0 Å². The summed E-state index contributed by atoms with van der Waals surface area (Å²) >= 11 is 0. The highest BCUT2D eigenvalue weighted by Gasteiger charge is 2.32. The number of amides is 3. The second-order valence-corrected chi connectivity index (χ2v) is 7.36. The van der Waals surface area contributed by atoms with Crippen molar-refractivity contribution in [2.24, 2.45) is 17.4 Å². The molecule has 10 N–H and O–H groups in total. The van der Waals surface area contributed by atoms with E-state index in [0.29, 0.717) is 19.4 Å². The lowest BCUT2D eigenvalue weighted by atomic mass is 10.0. The fourth-order valence-corrected chi connectivity index (χ4v) is 2.55. The van der Waals surface area contributed by atoms with Crippen LogP contribution in [0.5, 0.6) is 0 Å². The lowest BCUT2D eigenvalue weighted by Gasteiger charge is -2.26. The maximum absolute atomic E-state index is 12.7. The molecule has 13 nitrogen and oxygen atoms in total. The first kappa shape index (κ1) is 28.2. The number of carboxylic acid groups (broad SMARTS) is 2. The van der Waals surface area contributed by atoms with Gasteiger partial charge >= 0.3 is 11.9 Å². The van der Waals surface area contributed by atoms with Gasteiger partial charge in [0.25, 0.3) is 0 Å². The van der Waals surface area contributed by atoms with Gasteiger partial charge in [-0.25, -0.2) is 4.79 Å². The van der Waals surface area contributed by atoms with Gasteiger partial charge in [-0.1, -0.05) is 13.8 Å². The van der Waals surface area contributed by atoms with Crippen molar-refractivity contribution in [3.05, 3.63) is 0 Å². The van der Waals surface area contributed by atoms with E-state index in [0.717, 1.165) is 0 Å². The molecule has 31 heavy (non-hydrogen) atoms. The van der Waals surface area contributed by atoms with Gasteiger partial charge in [0.05, 0.1) is 13.0 Å². The van der Waals surface area contributed by atoms with Crippen LogP contribution in [-0.4, -0.2) is 82.3 Å². The van der Waals surface area contributed by atoms with Crippen LogP contribution in [-0.2, 0) is 24.0 Å². The van der Waals surface area contributed by atoms with Crippen LogP contribution >= 0.6 is 0 Å². The van der Waals surface area contributed by atoms with Crippen molar-refractivity contribution >= 4 is 29.7 Å². The molecule has 0 aromatic carbocycles. The predicted molar refractivity (Wildman–Crippen MR) is 108 cm³/mol. The molecule has 4 unspecified atom stereocenters. The molecular weight excluding hydrogens is 414 g/mol. The molecule has 0 spiro atoms. The average Bonchev–Trinajstić information content (AvgIpc) is 2.68. The molecule has 0 aliphatic rings. The maximum Gasteiger partial charge on any atom is 0.326 e. The first-order valence-electron chi connectivity index (χ1n) is 9.86. The molecule has 0 aliphatic carbocycles. The van der Waals surface area contributed by atoms with Crippen LogP contribution in [0.15, 0.2) is 0 Å². The first-order valence-corrected chi connectivity index (χ1v) is 9.86. The van der Waals surface area contributed by atoms with Gasteiger partial charge in [-0.2, -0.15) is 0 Å². The fraction of sp³-hybridized carbons (Fsp3) is 0.722. The normalized spacial score (nSPS) is 14.8.